The Kier molecular flexibility index (Phi) is 11.7. The maximum atomic E-state index is 13.2. The van der Waals surface area contributed by atoms with Gasteiger partial charge in [-0.2, -0.15) is 8.42 Å². The van der Waals surface area contributed by atoms with Gasteiger partial charge in [-0.05, 0) is 66.1 Å². The fourth-order valence-electron chi connectivity index (χ4n) is 4.03. The molecular formula is C30H38N2O5S2. The number of ether oxygens (including phenoxy) is 2. The normalized spacial score (nSPS) is 15.8. The lowest BCUT2D eigenvalue weighted by Gasteiger charge is -2.12. The van der Waals surface area contributed by atoms with E-state index < -0.39 is 10.0 Å². The van der Waals surface area contributed by atoms with Gasteiger partial charge in [-0.15, -0.1) is 11.0 Å². The molecule has 1 heterocycles. The molecular weight excluding hydrogens is 532 g/mol. The second-order valence-electron chi connectivity index (χ2n) is 9.19. The molecule has 0 spiro atoms. The summed E-state index contributed by atoms with van der Waals surface area (Å²) in [7, 11) is -2.42. The van der Waals surface area contributed by atoms with Gasteiger partial charge in [0.15, 0.2) is 16.7 Å². The lowest BCUT2D eigenvalue weighted by molar-refractivity contribution is -0.121. The molecule has 1 saturated heterocycles. The molecule has 1 aliphatic rings. The Bertz CT molecular complexity index is 1300. The summed E-state index contributed by atoms with van der Waals surface area (Å²) in [6, 6.07) is 12.1. The fourth-order valence-corrected chi connectivity index (χ4v) is 6.22. The Morgan fingerprint density at radius 1 is 1.00 bits per heavy atom. The number of methoxy groups -OCH3 is 1. The summed E-state index contributed by atoms with van der Waals surface area (Å²) in [6.45, 7) is 8.66. The highest BCUT2D eigenvalue weighted by molar-refractivity contribution is 8.19. The van der Waals surface area contributed by atoms with E-state index in [1.807, 2.05) is 19.1 Å². The van der Waals surface area contributed by atoms with Gasteiger partial charge >= 0.3 is 0 Å². The number of benzene rings is 2. The van der Waals surface area contributed by atoms with Crippen molar-refractivity contribution in [2.45, 2.75) is 63.7 Å². The first kappa shape index (κ1) is 30.5. The van der Waals surface area contributed by atoms with Crippen LogP contribution >= 0.6 is 11.8 Å². The van der Waals surface area contributed by atoms with Crippen LogP contribution in [-0.4, -0.2) is 44.7 Å². The summed E-state index contributed by atoms with van der Waals surface area (Å²) in [6.07, 6.45) is 11.1. The number of hydrogen-bond acceptors (Lipinski definition) is 6. The molecule has 210 valence electrons. The SMILES string of the molecule is C=CCN1C(=O)/C(=C/c2ccc(OCCCCCCCC)c(OC)c2)SC1=NS(=O)(=O)c1ccc(CC)cc1. The summed E-state index contributed by atoms with van der Waals surface area (Å²) in [5, 5.41) is 0.0940. The third kappa shape index (κ3) is 8.47. The van der Waals surface area contributed by atoms with E-state index in [4.69, 9.17) is 9.47 Å². The second kappa shape index (κ2) is 14.9. The molecule has 1 amide bonds. The number of unbranched alkanes of at least 4 members (excludes halogenated alkanes) is 5. The van der Waals surface area contributed by atoms with Crippen LogP contribution in [0.15, 0.2) is 69.3 Å². The average molecular weight is 571 g/mol. The predicted octanol–water partition coefficient (Wildman–Crippen LogP) is 6.84. The van der Waals surface area contributed by atoms with E-state index in [0.29, 0.717) is 23.0 Å². The van der Waals surface area contributed by atoms with Gasteiger partial charge in [-0.25, -0.2) is 0 Å². The van der Waals surface area contributed by atoms with Crippen molar-refractivity contribution in [1.82, 2.24) is 4.90 Å². The summed E-state index contributed by atoms with van der Waals surface area (Å²) < 4.78 is 41.5. The van der Waals surface area contributed by atoms with E-state index in [1.165, 1.54) is 42.7 Å². The molecule has 1 aliphatic heterocycles. The van der Waals surface area contributed by atoms with Crippen LogP contribution in [0.5, 0.6) is 11.5 Å². The maximum Gasteiger partial charge on any atom is 0.284 e. The molecule has 2 aromatic carbocycles. The van der Waals surface area contributed by atoms with Crippen molar-refractivity contribution < 1.29 is 22.7 Å². The zero-order chi connectivity index (χ0) is 28.3. The molecule has 1 fully saturated rings. The molecule has 39 heavy (non-hydrogen) atoms. The smallest absolute Gasteiger partial charge is 0.284 e. The third-order valence-corrected chi connectivity index (χ3v) is 8.67. The van der Waals surface area contributed by atoms with E-state index in [0.717, 1.165) is 42.2 Å². The first-order valence-electron chi connectivity index (χ1n) is 13.4. The average Bonchev–Trinajstić information content (AvgIpc) is 3.21. The number of amidine groups is 1. The number of hydrogen-bond donors (Lipinski definition) is 0. The Balaban J connectivity index is 1.77. The van der Waals surface area contributed by atoms with E-state index in [-0.39, 0.29) is 22.5 Å². The lowest BCUT2D eigenvalue weighted by Crippen LogP contribution is -2.29. The van der Waals surface area contributed by atoms with Gasteiger partial charge in [0.05, 0.1) is 23.5 Å². The fraction of sp³-hybridized carbons (Fsp3) is 0.400. The van der Waals surface area contributed by atoms with Crippen molar-refractivity contribution in [3.8, 4) is 11.5 Å². The first-order chi connectivity index (χ1) is 18.8. The highest BCUT2D eigenvalue weighted by Gasteiger charge is 2.34. The number of carbonyl (C=O) groups excluding carboxylic acids is 1. The highest BCUT2D eigenvalue weighted by atomic mass is 32.2. The van der Waals surface area contributed by atoms with Crippen LogP contribution in [0.1, 0.15) is 63.5 Å². The van der Waals surface area contributed by atoms with Gasteiger partial charge in [-0.1, -0.05) is 70.2 Å². The van der Waals surface area contributed by atoms with Crippen LogP contribution in [0.2, 0.25) is 0 Å². The van der Waals surface area contributed by atoms with Crippen molar-refractivity contribution in [3.63, 3.8) is 0 Å². The van der Waals surface area contributed by atoms with Gasteiger partial charge < -0.3 is 9.47 Å². The van der Waals surface area contributed by atoms with Crippen LogP contribution < -0.4 is 9.47 Å². The Labute approximate surface area is 237 Å². The summed E-state index contributed by atoms with van der Waals surface area (Å²) in [5.41, 5.74) is 1.76. The van der Waals surface area contributed by atoms with Gasteiger partial charge in [0, 0.05) is 6.54 Å². The molecule has 0 atom stereocenters. The molecule has 0 saturated carbocycles. The number of amides is 1. The highest BCUT2D eigenvalue weighted by Crippen LogP contribution is 2.35. The predicted molar refractivity (Wildman–Crippen MR) is 160 cm³/mol. The van der Waals surface area contributed by atoms with E-state index in [1.54, 1.807) is 37.5 Å². The van der Waals surface area contributed by atoms with Crippen molar-refractivity contribution in [2.75, 3.05) is 20.3 Å². The number of aryl methyl sites for hydroxylation is 1. The first-order valence-corrected chi connectivity index (χ1v) is 15.7. The Morgan fingerprint density at radius 2 is 1.72 bits per heavy atom. The molecule has 0 bridgehead atoms. The van der Waals surface area contributed by atoms with Crippen LogP contribution in [0, 0.1) is 0 Å². The van der Waals surface area contributed by atoms with Crippen molar-refractivity contribution >= 4 is 38.9 Å². The Morgan fingerprint density at radius 3 is 2.38 bits per heavy atom. The minimum absolute atomic E-state index is 0.0810. The standard InChI is InChI=1S/C30H38N2O5S2/c1-5-8-9-10-11-12-20-37-26-18-15-24(21-27(26)36-4)22-28-29(33)32(19-6-2)30(38-28)31-39(34,35)25-16-13-23(7-3)14-17-25/h6,13-18,21-22H,2,5,7-12,19-20H2,1,3-4H3/b28-22-,31-30?. The number of thioether (sulfide) groups is 1. The van der Waals surface area contributed by atoms with E-state index in [9.17, 15) is 13.2 Å². The number of rotatable bonds is 15. The summed E-state index contributed by atoms with van der Waals surface area (Å²) in [4.78, 5) is 14.9. The number of sulfonamides is 1. The van der Waals surface area contributed by atoms with Gasteiger partial charge in [-0.3, -0.25) is 9.69 Å². The van der Waals surface area contributed by atoms with Crippen LogP contribution in [0.4, 0.5) is 0 Å². The summed E-state index contributed by atoms with van der Waals surface area (Å²) >= 11 is 1.02. The van der Waals surface area contributed by atoms with Crippen LogP contribution in [0.3, 0.4) is 0 Å². The molecule has 0 N–H and O–H groups in total. The topological polar surface area (TPSA) is 85.3 Å². The molecule has 0 unspecified atom stereocenters. The quantitative estimate of drug-likeness (QED) is 0.132. The molecule has 0 aliphatic carbocycles. The molecule has 3 rings (SSSR count). The van der Waals surface area contributed by atoms with Crippen LogP contribution in [-0.2, 0) is 21.2 Å². The minimum atomic E-state index is -4.00. The van der Waals surface area contributed by atoms with Gasteiger partial charge in [0.1, 0.15) is 0 Å². The van der Waals surface area contributed by atoms with Crippen molar-refractivity contribution in [1.29, 1.82) is 0 Å². The summed E-state index contributed by atoms with van der Waals surface area (Å²) in [5.74, 6) is 0.882. The number of nitrogens with zero attached hydrogens (tertiary/aromatic N) is 2. The largest absolute Gasteiger partial charge is 0.493 e. The van der Waals surface area contributed by atoms with E-state index >= 15 is 0 Å². The molecule has 7 nitrogen and oxygen atoms in total. The molecule has 9 heteroatoms. The molecule has 0 radical (unpaired) electrons. The molecule has 2 aromatic rings. The van der Waals surface area contributed by atoms with Crippen molar-refractivity contribution in [3.05, 3.63) is 71.2 Å². The lowest BCUT2D eigenvalue weighted by atomic mass is 10.1. The maximum absolute atomic E-state index is 13.2. The zero-order valence-corrected chi connectivity index (χ0v) is 24.7. The van der Waals surface area contributed by atoms with Gasteiger partial charge in [0.2, 0.25) is 0 Å². The third-order valence-electron chi connectivity index (χ3n) is 6.27. The zero-order valence-electron chi connectivity index (χ0n) is 23.0. The monoisotopic (exact) mass is 570 g/mol. The second-order valence-corrected chi connectivity index (χ2v) is 11.8. The minimum Gasteiger partial charge on any atom is -0.493 e. The Hall–Kier alpha value is -3.04. The number of carbonyl (C=O) groups is 1. The molecule has 0 aromatic heterocycles. The van der Waals surface area contributed by atoms with E-state index in [2.05, 4.69) is 17.9 Å². The van der Waals surface area contributed by atoms with Gasteiger partial charge in [0.25, 0.3) is 15.9 Å². The van der Waals surface area contributed by atoms with Crippen LogP contribution in [0.25, 0.3) is 6.08 Å². The van der Waals surface area contributed by atoms with Crippen molar-refractivity contribution in [2.24, 2.45) is 4.40 Å².